The van der Waals surface area contributed by atoms with Crippen LogP contribution in [0.3, 0.4) is 0 Å². The molecule has 0 aliphatic heterocycles. The zero-order valence-corrected chi connectivity index (χ0v) is 63.9. The van der Waals surface area contributed by atoms with Crippen molar-refractivity contribution in [2.24, 2.45) is 17.8 Å². The van der Waals surface area contributed by atoms with Gasteiger partial charge in [0, 0.05) is 25.7 Å². The predicted octanol–water partition coefficient (Wildman–Crippen LogP) is 22.2. The Bertz CT molecular complexity index is 1850. The van der Waals surface area contributed by atoms with Gasteiger partial charge >= 0.3 is 39.5 Å². The maximum Gasteiger partial charge on any atom is 0.472 e. The number of unbranched alkanes of at least 4 members (excludes halogenated alkanes) is 41. The maximum atomic E-state index is 13.1. The van der Waals surface area contributed by atoms with E-state index in [0.29, 0.717) is 31.6 Å². The van der Waals surface area contributed by atoms with Crippen molar-refractivity contribution >= 4 is 39.5 Å². The highest BCUT2D eigenvalue weighted by atomic mass is 31.2. The minimum atomic E-state index is -4.96. The standard InChI is InChI=1S/C76H148O17P2/c1-8-10-11-12-13-14-15-16-17-18-19-20-23-27-30-36-45-52-59-75(80)92-71(63-86-73(78)57-50-43-35-29-26-24-21-22-25-28-33-40-47-54-67(3)4)65-90-94(82,83)88-61-70(77)62-89-95(84,85)91-66-72(64-87-74(79)58-51-44-39-38-41-48-55-68(5)6)93-76(81)60-53-46-37-32-31-34-42-49-56-69(7)9-2/h67-72,77H,8-66H2,1-7H3,(H,82,83)(H,84,85)/t69?,70-,71-,72-/m1/s1. The van der Waals surface area contributed by atoms with Gasteiger partial charge in [0.25, 0.3) is 0 Å². The fourth-order valence-electron chi connectivity index (χ4n) is 11.6. The van der Waals surface area contributed by atoms with Gasteiger partial charge in [0.05, 0.1) is 26.4 Å². The van der Waals surface area contributed by atoms with Gasteiger partial charge in [-0.15, -0.1) is 0 Å². The molecular weight excluding hydrogens is 1250 g/mol. The van der Waals surface area contributed by atoms with E-state index in [1.165, 1.54) is 193 Å². The van der Waals surface area contributed by atoms with Crippen molar-refractivity contribution < 1.29 is 80.2 Å². The average Bonchev–Trinajstić information content (AvgIpc) is 2.21. The molecule has 19 heteroatoms. The molecule has 0 aliphatic rings. The summed E-state index contributed by atoms with van der Waals surface area (Å²) in [6.45, 7) is 11.8. The number of carbonyl (C=O) groups is 4. The van der Waals surface area contributed by atoms with Crippen LogP contribution < -0.4 is 0 Å². The fraction of sp³-hybridized carbons (Fsp3) is 0.947. The SMILES string of the molecule is CCCCCCCCCCCCCCCCCCCCC(=O)O[C@H](COC(=O)CCCCCCCCCCCCCCCC(C)C)COP(=O)(O)OC[C@@H](O)COP(=O)(O)OC[C@@H](COC(=O)CCCCCCCCC(C)C)OC(=O)CCCCCCCCCCC(C)CC. The Morgan fingerprint density at radius 1 is 0.305 bits per heavy atom. The number of ether oxygens (including phenoxy) is 4. The van der Waals surface area contributed by atoms with Gasteiger partial charge in [-0.2, -0.15) is 0 Å². The number of aliphatic hydroxyl groups excluding tert-OH is 1. The van der Waals surface area contributed by atoms with Crippen LogP contribution in [0.25, 0.3) is 0 Å². The van der Waals surface area contributed by atoms with E-state index >= 15 is 0 Å². The molecule has 0 fully saturated rings. The summed E-state index contributed by atoms with van der Waals surface area (Å²) in [6, 6.07) is 0. The average molecular weight is 1400 g/mol. The first-order valence-electron chi connectivity index (χ1n) is 39.4. The van der Waals surface area contributed by atoms with E-state index in [9.17, 15) is 43.2 Å². The summed E-state index contributed by atoms with van der Waals surface area (Å²) in [4.78, 5) is 72.8. The van der Waals surface area contributed by atoms with Crippen LogP contribution >= 0.6 is 15.6 Å². The van der Waals surface area contributed by atoms with Crippen molar-refractivity contribution in [3.8, 4) is 0 Å². The van der Waals surface area contributed by atoms with Gasteiger partial charge in [-0.1, -0.05) is 337 Å². The minimum Gasteiger partial charge on any atom is -0.462 e. The molecule has 0 saturated carbocycles. The van der Waals surface area contributed by atoms with Gasteiger partial charge in [-0.3, -0.25) is 37.3 Å². The largest absolute Gasteiger partial charge is 0.472 e. The van der Waals surface area contributed by atoms with Gasteiger partial charge in [-0.25, -0.2) is 9.13 Å². The molecule has 17 nitrogen and oxygen atoms in total. The van der Waals surface area contributed by atoms with Crippen LogP contribution in [0.2, 0.25) is 0 Å². The van der Waals surface area contributed by atoms with Crippen molar-refractivity contribution in [1.29, 1.82) is 0 Å². The van der Waals surface area contributed by atoms with E-state index in [4.69, 9.17) is 37.0 Å². The highest BCUT2D eigenvalue weighted by molar-refractivity contribution is 7.47. The molecule has 0 aromatic rings. The van der Waals surface area contributed by atoms with Crippen LogP contribution in [0, 0.1) is 17.8 Å². The third-order valence-electron chi connectivity index (χ3n) is 18.0. The lowest BCUT2D eigenvalue weighted by Gasteiger charge is -2.21. The molecular formula is C76H148O17P2. The van der Waals surface area contributed by atoms with Crippen LogP contribution in [0.15, 0.2) is 0 Å². The zero-order valence-electron chi connectivity index (χ0n) is 62.1. The lowest BCUT2D eigenvalue weighted by Crippen LogP contribution is -2.30. The summed E-state index contributed by atoms with van der Waals surface area (Å²) in [5.41, 5.74) is 0. The van der Waals surface area contributed by atoms with Crippen molar-refractivity contribution in [1.82, 2.24) is 0 Å². The Morgan fingerprint density at radius 2 is 0.537 bits per heavy atom. The number of aliphatic hydroxyl groups is 1. The van der Waals surface area contributed by atoms with Crippen molar-refractivity contribution in [3.63, 3.8) is 0 Å². The molecule has 0 aliphatic carbocycles. The lowest BCUT2D eigenvalue weighted by atomic mass is 9.99. The third-order valence-corrected chi connectivity index (χ3v) is 19.9. The van der Waals surface area contributed by atoms with Crippen LogP contribution in [0.4, 0.5) is 0 Å². The smallest absolute Gasteiger partial charge is 0.462 e. The quantitative estimate of drug-likeness (QED) is 0.0222. The molecule has 3 N–H and O–H groups in total. The Balaban J connectivity index is 5.23. The topological polar surface area (TPSA) is 237 Å². The Kier molecular flexibility index (Phi) is 65.2. The molecule has 0 heterocycles. The van der Waals surface area contributed by atoms with E-state index in [1.807, 2.05) is 0 Å². The van der Waals surface area contributed by atoms with Gasteiger partial charge in [-0.05, 0) is 43.4 Å². The molecule has 0 saturated heterocycles. The van der Waals surface area contributed by atoms with Gasteiger partial charge in [0.2, 0.25) is 0 Å². The molecule has 0 spiro atoms. The van der Waals surface area contributed by atoms with E-state index < -0.39 is 97.5 Å². The molecule has 0 aromatic heterocycles. The molecule has 3 unspecified atom stereocenters. The lowest BCUT2D eigenvalue weighted by molar-refractivity contribution is -0.161. The molecule has 95 heavy (non-hydrogen) atoms. The van der Waals surface area contributed by atoms with Crippen LogP contribution in [-0.4, -0.2) is 96.7 Å². The molecule has 0 rings (SSSR count). The molecule has 564 valence electrons. The highest BCUT2D eigenvalue weighted by Gasteiger charge is 2.30. The summed E-state index contributed by atoms with van der Waals surface area (Å²) in [7, 11) is -9.91. The second-order valence-corrected chi connectivity index (χ2v) is 31.5. The van der Waals surface area contributed by atoms with Crippen LogP contribution in [0.1, 0.15) is 389 Å². The molecule has 0 bridgehead atoms. The first-order valence-corrected chi connectivity index (χ1v) is 42.4. The minimum absolute atomic E-state index is 0.104. The monoisotopic (exact) mass is 1400 g/mol. The number of rotatable bonds is 74. The third kappa shape index (κ3) is 69.0. The number of hydrogen-bond acceptors (Lipinski definition) is 15. The number of phosphoric acid groups is 2. The number of esters is 4. The van der Waals surface area contributed by atoms with Gasteiger partial charge < -0.3 is 33.8 Å². The molecule has 6 atom stereocenters. The summed E-state index contributed by atoms with van der Waals surface area (Å²) < 4.78 is 68.5. The zero-order chi connectivity index (χ0) is 70.1. The molecule has 0 amide bonds. The van der Waals surface area contributed by atoms with E-state index in [-0.39, 0.29) is 25.7 Å². The Labute approximate surface area is 581 Å². The van der Waals surface area contributed by atoms with E-state index in [1.54, 1.807) is 0 Å². The van der Waals surface area contributed by atoms with Crippen LogP contribution in [-0.2, 0) is 65.4 Å². The number of phosphoric ester groups is 2. The van der Waals surface area contributed by atoms with Gasteiger partial charge in [0.15, 0.2) is 12.2 Å². The van der Waals surface area contributed by atoms with E-state index in [0.717, 1.165) is 108 Å². The van der Waals surface area contributed by atoms with E-state index in [2.05, 4.69) is 48.5 Å². The molecule has 0 aromatic carbocycles. The van der Waals surface area contributed by atoms with Crippen LogP contribution in [0.5, 0.6) is 0 Å². The number of carbonyl (C=O) groups excluding carboxylic acids is 4. The normalized spacial score (nSPS) is 14.4. The first kappa shape index (κ1) is 93.1. The maximum absolute atomic E-state index is 13.1. The summed E-state index contributed by atoms with van der Waals surface area (Å²) >= 11 is 0. The van der Waals surface area contributed by atoms with Gasteiger partial charge in [0.1, 0.15) is 19.3 Å². The summed E-state index contributed by atoms with van der Waals surface area (Å²) in [5, 5.41) is 10.6. The van der Waals surface area contributed by atoms with Crippen molar-refractivity contribution in [2.75, 3.05) is 39.6 Å². The number of hydrogen-bond donors (Lipinski definition) is 3. The highest BCUT2D eigenvalue weighted by Crippen LogP contribution is 2.45. The predicted molar refractivity (Wildman–Crippen MR) is 386 cm³/mol. The summed E-state index contributed by atoms with van der Waals surface area (Å²) in [6.07, 6.45) is 52.9. The fourth-order valence-corrected chi connectivity index (χ4v) is 13.1. The second-order valence-electron chi connectivity index (χ2n) is 28.6. The second kappa shape index (κ2) is 66.6. The van der Waals surface area contributed by atoms with Crippen molar-refractivity contribution in [2.45, 2.75) is 407 Å². The molecule has 0 radical (unpaired) electrons. The summed E-state index contributed by atoms with van der Waals surface area (Å²) in [5.74, 6) is 0.119. The first-order chi connectivity index (χ1) is 45.8. The Hall–Kier alpha value is -1.94. The van der Waals surface area contributed by atoms with Crippen molar-refractivity contribution in [3.05, 3.63) is 0 Å². The Morgan fingerprint density at radius 3 is 0.800 bits per heavy atom.